The molecule has 0 radical (unpaired) electrons. The van der Waals surface area contributed by atoms with E-state index < -0.39 is 78.3 Å². The Morgan fingerprint density at radius 3 is 2.36 bits per heavy atom. The zero-order valence-corrected chi connectivity index (χ0v) is 27.6. The molecule has 2 aliphatic heterocycles. The van der Waals surface area contributed by atoms with Crippen LogP contribution in [0.2, 0.25) is 0 Å². The largest absolute Gasteiger partial charge is 0.462 e. The highest BCUT2D eigenvalue weighted by molar-refractivity contribution is 5.97. The maximum atomic E-state index is 13.7. The third kappa shape index (κ3) is 9.77. The normalized spacial score (nSPS) is 41.9. The first-order valence-corrected chi connectivity index (χ1v) is 15.6. The number of aliphatic hydroxyl groups excluding tert-OH is 4. The van der Waals surface area contributed by atoms with Crippen molar-refractivity contribution in [2.24, 2.45) is 17.8 Å². The second-order valence-electron chi connectivity index (χ2n) is 12.8. The van der Waals surface area contributed by atoms with Gasteiger partial charge in [-0.25, -0.2) is 0 Å². The van der Waals surface area contributed by atoms with E-state index in [9.17, 15) is 30.0 Å². The fraction of sp³-hybridized carbons (Fsp3) is 0.758. The Morgan fingerprint density at radius 1 is 1.14 bits per heavy atom. The van der Waals surface area contributed by atoms with Crippen molar-refractivity contribution in [2.45, 2.75) is 115 Å². The molecule has 1 saturated heterocycles. The first-order chi connectivity index (χ1) is 20.6. The number of hydrogen-bond acceptors (Lipinski definition) is 11. The molecule has 4 N–H and O–H groups in total. The van der Waals surface area contributed by atoms with Crippen LogP contribution >= 0.6 is 0 Å². The fourth-order valence-electron chi connectivity index (χ4n) is 6.19. The lowest BCUT2D eigenvalue weighted by molar-refractivity contribution is -0.304. The van der Waals surface area contributed by atoms with Gasteiger partial charge in [-0.1, -0.05) is 44.6 Å². The Balaban J connectivity index is 2.58. The SMILES string of the molecule is C=CCO[C@@]1(C)C[C@H](C)[C@H](OC2OC(C)C(O)C(N(C)C)C2O)[C@@H](C)[C@H](O)CC(=O)OC(CC)C(CO)/C=C(C)/C=C/C1=O. The summed E-state index contributed by atoms with van der Waals surface area (Å²) in [5.41, 5.74) is -0.611. The van der Waals surface area contributed by atoms with Crippen LogP contribution in [0.3, 0.4) is 0 Å². The van der Waals surface area contributed by atoms with Gasteiger partial charge in [0.05, 0.1) is 50.1 Å². The second-order valence-corrected chi connectivity index (χ2v) is 12.8. The Labute approximate surface area is 262 Å². The van der Waals surface area contributed by atoms with E-state index in [0.29, 0.717) is 12.0 Å². The standard InChI is InChI=1S/C33H55NO10/c1-10-14-41-33(7)17-20(4)31(44-32-30(40)28(34(8)9)29(39)22(6)42-32)21(5)24(36)16-27(38)43-25(11-2)23(18-35)15-19(3)12-13-26(33)37/h10,12-13,15,20-25,28-32,35-36,39-40H,1,11,14,16-18H2,2-9H3/b13-12+,19-15+/t20-,21-,22?,23?,24+,25?,28?,29?,30?,31-,32?,33-/m0/s1. The zero-order valence-electron chi connectivity index (χ0n) is 27.6. The van der Waals surface area contributed by atoms with E-state index in [-0.39, 0.29) is 31.8 Å². The number of allylic oxidation sites excluding steroid dienone is 2. The summed E-state index contributed by atoms with van der Waals surface area (Å²) < 4.78 is 24.1. The number of ketones is 1. The minimum Gasteiger partial charge on any atom is -0.462 e. The van der Waals surface area contributed by atoms with Crippen LogP contribution in [0, 0.1) is 17.8 Å². The number of hydrogen-bond donors (Lipinski definition) is 4. The van der Waals surface area contributed by atoms with E-state index in [1.807, 2.05) is 13.8 Å². The molecule has 0 saturated carbocycles. The van der Waals surface area contributed by atoms with Crippen LogP contribution in [0.5, 0.6) is 0 Å². The Morgan fingerprint density at radius 2 is 1.80 bits per heavy atom. The van der Waals surface area contributed by atoms with Crippen molar-refractivity contribution in [1.82, 2.24) is 4.90 Å². The molecule has 0 aromatic heterocycles. The van der Waals surface area contributed by atoms with Crippen molar-refractivity contribution in [2.75, 3.05) is 27.3 Å². The van der Waals surface area contributed by atoms with Crippen molar-refractivity contribution in [3.05, 3.63) is 36.5 Å². The summed E-state index contributed by atoms with van der Waals surface area (Å²) in [4.78, 5) is 28.4. The highest BCUT2D eigenvalue weighted by atomic mass is 16.7. The molecule has 11 nitrogen and oxygen atoms in total. The van der Waals surface area contributed by atoms with Gasteiger partial charge in [-0.05, 0) is 59.7 Å². The highest BCUT2D eigenvalue weighted by Gasteiger charge is 2.47. The highest BCUT2D eigenvalue weighted by Crippen LogP contribution is 2.35. The van der Waals surface area contributed by atoms with Crippen LogP contribution in [0.25, 0.3) is 0 Å². The second kappa shape index (κ2) is 17.1. The monoisotopic (exact) mass is 625 g/mol. The quantitative estimate of drug-likeness (QED) is 0.232. The van der Waals surface area contributed by atoms with E-state index >= 15 is 0 Å². The molecule has 0 spiro atoms. The first kappa shape index (κ1) is 38.2. The van der Waals surface area contributed by atoms with Gasteiger partial charge in [0.2, 0.25) is 0 Å². The van der Waals surface area contributed by atoms with Gasteiger partial charge in [0.15, 0.2) is 12.1 Å². The van der Waals surface area contributed by atoms with E-state index in [4.69, 9.17) is 18.9 Å². The summed E-state index contributed by atoms with van der Waals surface area (Å²) in [6.07, 6.45) is -0.0715. The number of rotatable bonds is 8. The van der Waals surface area contributed by atoms with Crippen molar-refractivity contribution < 1.29 is 49.0 Å². The predicted molar refractivity (Wildman–Crippen MR) is 165 cm³/mol. The van der Waals surface area contributed by atoms with Crippen molar-refractivity contribution in [3.63, 3.8) is 0 Å². The van der Waals surface area contributed by atoms with Crippen LogP contribution in [0.1, 0.15) is 60.8 Å². The molecule has 2 rings (SSSR count). The molecule has 252 valence electrons. The third-order valence-electron chi connectivity index (χ3n) is 8.86. The molecule has 0 aromatic carbocycles. The van der Waals surface area contributed by atoms with Gasteiger partial charge >= 0.3 is 5.97 Å². The van der Waals surface area contributed by atoms with Crippen molar-refractivity contribution in [3.8, 4) is 0 Å². The number of carbonyl (C=O) groups is 2. The molecule has 2 aliphatic rings. The van der Waals surface area contributed by atoms with Crippen LogP contribution in [0.15, 0.2) is 36.5 Å². The number of esters is 1. The molecule has 2 heterocycles. The maximum absolute atomic E-state index is 13.7. The molecule has 1 fully saturated rings. The average molecular weight is 626 g/mol. The predicted octanol–water partition coefficient (Wildman–Crippen LogP) is 2.16. The van der Waals surface area contributed by atoms with Gasteiger partial charge in [-0.2, -0.15) is 0 Å². The summed E-state index contributed by atoms with van der Waals surface area (Å²) in [6.45, 7) is 14.1. The Bertz CT molecular complexity index is 1010. The van der Waals surface area contributed by atoms with Crippen LogP contribution in [-0.4, -0.2) is 119 Å². The Hall–Kier alpha value is -1.96. The van der Waals surface area contributed by atoms with Crippen molar-refractivity contribution in [1.29, 1.82) is 0 Å². The van der Waals surface area contributed by atoms with E-state index in [0.717, 1.165) is 0 Å². The topological polar surface area (TPSA) is 155 Å². The summed E-state index contributed by atoms with van der Waals surface area (Å²) in [6, 6.07) is -0.685. The summed E-state index contributed by atoms with van der Waals surface area (Å²) in [7, 11) is 3.48. The van der Waals surface area contributed by atoms with Gasteiger partial charge < -0.3 is 44.3 Å². The van der Waals surface area contributed by atoms with Gasteiger partial charge in [-0.3, -0.25) is 9.59 Å². The molecular weight excluding hydrogens is 570 g/mol. The number of aliphatic hydroxyl groups is 4. The maximum Gasteiger partial charge on any atom is 0.308 e. The third-order valence-corrected chi connectivity index (χ3v) is 8.86. The van der Waals surface area contributed by atoms with Gasteiger partial charge in [0, 0.05) is 11.8 Å². The minimum atomic E-state index is -1.31. The summed E-state index contributed by atoms with van der Waals surface area (Å²) in [5.74, 6) is -2.58. The number of nitrogens with zero attached hydrogens (tertiary/aromatic N) is 1. The van der Waals surface area contributed by atoms with Crippen LogP contribution in [-0.2, 0) is 28.5 Å². The minimum absolute atomic E-state index is 0.113. The number of carbonyl (C=O) groups excluding carboxylic acids is 2. The van der Waals surface area contributed by atoms with Gasteiger partial charge in [0.25, 0.3) is 0 Å². The molecule has 0 bridgehead atoms. The van der Waals surface area contributed by atoms with Crippen molar-refractivity contribution >= 4 is 11.8 Å². The molecule has 11 heteroatoms. The molecular formula is C33H55NO10. The van der Waals surface area contributed by atoms with E-state index in [1.165, 1.54) is 6.08 Å². The Kier molecular flexibility index (Phi) is 14.9. The number of cyclic esters (lactones) is 1. The van der Waals surface area contributed by atoms with Gasteiger partial charge in [0.1, 0.15) is 17.8 Å². The first-order valence-electron chi connectivity index (χ1n) is 15.6. The number of ether oxygens (including phenoxy) is 4. The number of likely N-dealkylation sites (N-methyl/N-ethyl adjacent to an activating group) is 1. The van der Waals surface area contributed by atoms with Crippen LogP contribution in [0.4, 0.5) is 0 Å². The van der Waals surface area contributed by atoms with E-state index in [2.05, 4.69) is 6.58 Å². The average Bonchev–Trinajstić information content (AvgIpc) is 2.96. The zero-order chi connectivity index (χ0) is 33.4. The summed E-state index contributed by atoms with van der Waals surface area (Å²) >= 11 is 0. The molecule has 0 aliphatic carbocycles. The van der Waals surface area contributed by atoms with Crippen LogP contribution < -0.4 is 0 Å². The molecule has 0 amide bonds. The van der Waals surface area contributed by atoms with E-state index in [1.54, 1.807) is 64.9 Å². The molecule has 7 unspecified atom stereocenters. The smallest absolute Gasteiger partial charge is 0.308 e. The lowest BCUT2D eigenvalue weighted by Gasteiger charge is -2.46. The molecule has 0 aromatic rings. The lowest BCUT2D eigenvalue weighted by Crippen LogP contribution is -2.63. The fourth-order valence-corrected chi connectivity index (χ4v) is 6.19. The summed E-state index contributed by atoms with van der Waals surface area (Å²) in [5, 5.41) is 43.3. The molecule has 12 atom stereocenters. The molecule has 44 heavy (non-hydrogen) atoms. The lowest BCUT2D eigenvalue weighted by atomic mass is 9.80. The van der Waals surface area contributed by atoms with Gasteiger partial charge in [-0.15, -0.1) is 6.58 Å².